The van der Waals surface area contributed by atoms with Crippen molar-refractivity contribution in [2.75, 3.05) is 13.1 Å². The maximum atomic E-state index is 13.1. The molecule has 1 aromatic carbocycles. The van der Waals surface area contributed by atoms with Crippen LogP contribution in [0.15, 0.2) is 23.1 Å². The molecule has 0 radical (unpaired) electrons. The molecule has 7 heteroatoms. The molecule has 0 aromatic heterocycles. The minimum Gasteiger partial charge on any atom is -0.330 e. The predicted octanol–water partition coefficient (Wildman–Crippen LogP) is 2.01. The Hall–Kier alpha value is -1.05. The first-order valence-corrected chi connectivity index (χ1v) is 7.93. The maximum absolute atomic E-state index is 13.1. The lowest BCUT2D eigenvalue weighted by Crippen LogP contribution is -2.41. The Balaban J connectivity index is 2.92. The maximum Gasteiger partial charge on any atom is 0.240 e. The fraction of sp³-hybridized carbons (Fsp3) is 0.538. The van der Waals surface area contributed by atoms with Gasteiger partial charge in [0.1, 0.15) is 0 Å². The first-order chi connectivity index (χ1) is 9.30. The number of rotatable bonds is 7. The number of nitrogens with two attached hydrogens (primary N) is 1. The fourth-order valence-electron chi connectivity index (χ4n) is 1.84. The van der Waals surface area contributed by atoms with Crippen LogP contribution in [0.1, 0.15) is 26.7 Å². The second-order valence-electron chi connectivity index (χ2n) is 4.81. The van der Waals surface area contributed by atoms with Crippen molar-refractivity contribution >= 4 is 10.0 Å². The third kappa shape index (κ3) is 3.74. The largest absolute Gasteiger partial charge is 0.330 e. The van der Waals surface area contributed by atoms with Gasteiger partial charge in [0, 0.05) is 6.54 Å². The van der Waals surface area contributed by atoms with Gasteiger partial charge in [-0.3, -0.25) is 0 Å². The van der Waals surface area contributed by atoms with E-state index < -0.39 is 21.7 Å². The zero-order chi connectivity index (χ0) is 15.4. The van der Waals surface area contributed by atoms with Crippen LogP contribution in [-0.4, -0.2) is 21.5 Å². The Morgan fingerprint density at radius 2 is 1.80 bits per heavy atom. The third-order valence-corrected chi connectivity index (χ3v) is 5.17. The molecule has 0 unspecified atom stereocenters. The monoisotopic (exact) mass is 306 g/mol. The SMILES string of the molecule is CCC(CC)(CN)CNS(=O)(=O)c1ccc(F)c(F)c1. The van der Waals surface area contributed by atoms with Crippen LogP contribution < -0.4 is 10.5 Å². The van der Waals surface area contributed by atoms with Gasteiger partial charge in [-0.1, -0.05) is 13.8 Å². The van der Waals surface area contributed by atoms with Gasteiger partial charge in [0.05, 0.1) is 4.90 Å². The molecule has 0 amide bonds. The highest BCUT2D eigenvalue weighted by Gasteiger charge is 2.27. The summed E-state index contributed by atoms with van der Waals surface area (Å²) < 4.78 is 52.4. The summed E-state index contributed by atoms with van der Waals surface area (Å²) in [5.74, 6) is -2.27. The summed E-state index contributed by atoms with van der Waals surface area (Å²) in [6, 6.07) is 2.49. The Morgan fingerprint density at radius 3 is 2.25 bits per heavy atom. The van der Waals surface area contributed by atoms with Crippen molar-refractivity contribution in [3.8, 4) is 0 Å². The Kier molecular flexibility index (Phi) is 5.61. The number of hydrogen-bond donors (Lipinski definition) is 2. The zero-order valence-corrected chi connectivity index (χ0v) is 12.4. The number of sulfonamides is 1. The highest BCUT2D eigenvalue weighted by atomic mass is 32.2. The van der Waals surface area contributed by atoms with Gasteiger partial charge in [0.2, 0.25) is 10.0 Å². The van der Waals surface area contributed by atoms with E-state index in [-0.39, 0.29) is 16.9 Å². The average molecular weight is 306 g/mol. The number of hydrogen-bond acceptors (Lipinski definition) is 3. The van der Waals surface area contributed by atoms with Crippen molar-refractivity contribution in [3.05, 3.63) is 29.8 Å². The lowest BCUT2D eigenvalue weighted by Gasteiger charge is -2.30. The molecule has 1 rings (SSSR count). The molecule has 0 heterocycles. The molecule has 0 fully saturated rings. The molecule has 1 aromatic rings. The topological polar surface area (TPSA) is 72.2 Å². The highest BCUT2D eigenvalue weighted by molar-refractivity contribution is 7.89. The van der Waals surface area contributed by atoms with Crippen molar-refractivity contribution < 1.29 is 17.2 Å². The summed E-state index contributed by atoms with van der Waals surface area (Å²) in [5, 5.41) is 0. The van der Waals surface area contributed by atoms with Gasteiger partial charge in [0.15, 0.2) is 11.6 Å². The minimum atomic E-state index is -3.88. The first kappa shape index (κ1) is 17.0. The molecule has 114 valence electrons. The third-order valence-electron chi connectivity index (χ3n) is 3.77. The van der Waals surface area contributed by atoms with Gasteiger partial charge in [-0.2, -0.15) is 0 Å². The van der Waals surface area contributed by atoms with Crippen LogP contribution in [0.2, 0.25) is 0 Å². The predicted molar refractivity (Wildman–Crippen MR) is 73.6 cm³/mol. The van der Waals surface area contributed by atoms with Crippen LogP contribution in [0.25, 0.3) is 0 Å². The van der Waals surface area contributed by atoms with Gasteiger partial charge in [-0.15, -0.1) is 0 Å². The van der Waals surface area contributed by atoms with E-state index in [1.165, 1.54) is 0 Å². The van der Waals surface area contributed by atoms with Gasteiger partial charge in [0.25, 0.3) is 0 Å². The average Bonchev–Trinajstić information content (AvgIpc) is 2.44. The highest BCUT2D eigenvalue weighted by Crippen LogP contribution is 2.24. The van der Waals surface area contributed by atoms with Crippen molar-refractivity contribution in [1.82, 2.24) is 4.72 Å². The second-order valence-corrected chi connectivity index (χ2v) is 6.58. The Morgan fingerprint density at radius 1 is 1.20 bits per heavy atom. The molecular weight excluding hydrogens is 286 g/mol. The number of nitrogens with one attached hydrogen (secondary N) is 1. The zero-order valence-electron chi connectivity index (χ0n) is 11.6. The standard InChI is InChI=1S/C13H20F2N2O2S/c1-3-13(4-2,8-16)9-17-20(18,19)10-5-6-11(14)12(15)7-10/h5-7,17H,3-4,8-9,16H2,1-2H3. The van der Waals surface area contributed by atoms with E-state index in [9.17, 15) is 17.2 Å². The molecule has 0 bridgehead atoms. The molecule has 0 saturated carbocycles. The summed E-state index contributed by atoms with van der Waals surface area (Å²) in [7, 11) is -3.88. The quantitative estimate of drug-likeness (QED) is 0.809. The van der Waals surface area contributed by atoms with E-state index in [1.807, 2.05) is 13.8 Å². The van der Waals surface area contributed by atoms with Crippen molar-refractivity contribution in [3.63, 3.8) is 0 Å². The van der Waals surface area contributed by atoms with Crippen molar-refractivity contribution in [2.45, 2.75) is 31.6 Å². The number of benzene rings is 1. The van der Waals surface area contributed by atoms with Crippen LogP contribution in [0.4, 0.5) is 8.78 Å². The van der Waals surface area contributed by atoms with E-state index in [0.29, 0.717) is 12.6 Å². The molecule has 0 spiro atoms. The molecule has 20 heavy (non-hydrogen) atoms. The molecular formula is C13H20F2N2O2S. The summed E-state index contributed by atoms with van der Waals surface area (Å²) in [4.78, 5) is -0.297. The van der Waals surface area contributed by atoms with Crippen LogP contribution >= 0.6 is 0 Å². The Bertz CT molecular complexity index is 549. The van der Waals surface area contributed by atoms with E-state index in [1.54, 1.807) is 0 Å². The van der Waals surface area contributed by atoms with Crippen LogP contribution in [0.5, 0.6) is 0 Å². The molecule has 0 aliphatic carbocycles. The molecule has 0 saturated heterocycles. The molecule has 0 aliphatic rings. The summed E-state index contributed by atoms with van der Waals surface area (Å²) >= 11 is 0. The fourth-order valence-corrected chi connectivity index (χ4v) is 3.00. The smallest absolute Gasteiger partial charge is 0.240 e. The summed E-state index contributed by atoms with van der Waals surface area (Å²) in [6.45, 7) is 4.38. The molecule has 4 nitrogen and oxygen atoms in total. The Labute approximate surface area is 118 Å². The normalized spacial score (nSPS) is 12.7. The van der Waals surface area contributed by atoms with E-state index in [4.69, 9.17) is 5.73 Å². The lowest BCUT2D eigenvalue weighted by molar-refractivity contribution is 0.275. The van der Waals surface area contributed by atoms with Gasteiger partial charge < -0.3 is 5.73 Å². The molecule has 3 N–H and O–H groups in total. The second kappa shape index (κ2) is 6.60. The minimum absolute atomic E-state index is 0.165. The first-order valence-electron chi connectivity index (χ1n) is 6.45. The van der Waals surface area contributed by atoms with Crippen LogP contribution in [0, 0.1) is 17.0 Å². The van der Waals surface area contributed by atoms with Crippen molar-refractivity contribution in [2.24, 2.45) is 11.1 Å². The van der Waals surface area contributed by atoms with E-state index in [0.717, 1.165) is 25.0 Å². The molecule has 0 aliphatic heterocycles. The van der Waals surface area contributed by atoms with Gasteiger partial charge in [-0.05, 0) is 43.0 Å². The van der Waals surface area contributed by atoms with Crippen LogP contribution in [-0.2, 0) is 10.0 Å². The number of halogens is 2. The lowest BCUT2D eigenvalue weighted by atomic mass is 9.83. The van der Waals surface area contributed by atoms with E-state index in [2.05, 4.69) is 4.72 Å². The summed E-state index contributed by atoms with van der Waals surface area (Å²) in [6.07, 6.45) is 1.45. The van der Waals surface area contributed by atoms with Gasteiger partial charge in [-0.25, -0.2) is 21.9 Å². The molecule has 0 atom stereocenters. The van der Waals surface area contributed by atoms with E-state index >= 15 is 0 Å². The van der Waals surface area contributed by atoms with Gasteiger partial charge >= 0.3 is 0 Å². The van der Waals surface area contributed by atoms with Crippen molar-refractivity contribution in [1.29, 1.82) is 0 Å². The summed E-state index contributed by atoms with van der Waals surface area (Å²) in [5.41, 5.74) is 5.37. The van der Waals surface area contributed by atoms with Crippen LogP contribution in [0.3, 0.4) is 0 Å².